The second-order valence-corrected chi connectivity index (χ2v) is 5.92. The van der Waals surface area contributed by atoms with Gasteiger partial charge < -0.3 is 10.0 Å². The number of nitrogens with zero attached hydrogens (tertiary/aromatic N) is 1. The number of likely N-dealkylation sites (tertiary alicyclic amines) is 1. The van der Waals surface area contributed by atoms with Crippen molar-refractivity contribution in [3.63, 3.8) is 0 Å². The third kappa shape index (κ3) is 3.83. The quantitative estimate of drug-likeness (QED) is 0.918. The average Bonchev–Trinajstić information content (AvgIpc) is 2.41. The molecule has 2 atom stereocenters. The van der Waals surface area contributed by atoms with Crippen LogP contribution in [0.25, 0.3) is 0 Å². The Morgan fingerprint density at radius 3 is 2.85 bits per heavy atom. The molecule has 1 aromatic rings. The third-order valence-electron chi connectivity index (χ3n) is 4.16. The van der Waals surface area contributed by atoms with Crippen LogP contribution in [0.4, 0.5) is 0 Å². The Morgan fingerprint density at radius 1 is 1.40 bits per heavy atom. The highest BCUT2D eigenvalue weighted by Crippen LogP contribution is 2.22. The van der Waals surface area contributed by atoms with Gasteiger partial charge in [0.1, 0.15) is 0 Å². The van der Waals surface area contributed by atoms with Crippen molar-refractivity contribution in [2.24, 2.45) is 0 Å². The summed E-state index contributed by atoms with van der Waals surface area (Å²) in [6, 6.07) is 8.27. The number of carbonyl (C=O) groups excluding carboxylic acids is 1. The molecule has 1 N–H and O–H groups in total. The van der Waals surface area contributed by atoms with E-state index in [0.29, 0.717) is 12.8 Å². The molecule has 1 aromatic carbocycles. The number of hydrogen-bond acceptors (Lipinski definition) is 2. The van der Waals surface area contributed by atoms with Gasteiger partial charge in [-0.25, -0.2) is 0 Å². The van der Waals surface area contributed by atoms with Gasteiger partial charge in [-0.1, -0.05) is 24.3 Å². The first-order valence-corrected chi connectivity index (χ1v) is 7.60. The monoisotopic (exact) mass is 275 g/mol. The van der Waals surface area contributed by atoms with E-state index in [1.807, 2.05) is 36.1 Å². The lowest BCUT2D eigenvalue weighted by Crippen LogP contribution is -2.45. The van der Waals surface area contributed by atoms with Crippen LogP contribution in [0.1, 0.15) is 43.7 Å². The van der Waals surface area contributed by atoms with Crippen LogP contribution < -0.4 is 0 Å². The maximum absolute atomic E-state index is 12.6. The molecule has 0 radical (unpaired) electrons. The SMILES string of the molecule is Cc1ccccc1CC(=O)N1CCCCC1CC(C)O. The minimum absolute atomic E-state index is 0.199. The Kier molecular flexibility index (Phi) is 5.18. The average molecular weight is 275 g/mol. The molecular weight excluding hydrogens is 250 g/mol. The van der Waals surface area contributed by atoms with Crippen molar-refractivity contribution in [1.29, 1.82) is 0 Å². The summed E-state index contributed by atoms with van der Waals surface area (Å²) in [6.45, 7) is 4.69. The summed E-state index contributed by atoms with van der Waals surface area (Å²) in [5, 5.41) is 9.60. The number of benzene rings is 1. The van der Waals surface area contributed by atoms with Gasteiger partial charge in [-0.3, -0.25) is 4.79 Å². The van der Waals surface area contributed by atoms with Gasteiger partial charge in [-0.15, -0.1) is 0 Å². The zero-order valence-corrected chi connectivity index (χ0v) is 12.5. The van der Waals surface area contributed by atoms with Crippen LogP contribution in [-0.4, -0.2) is 34.6 Å². The van der Waals surface area contributed by atoms with Gasteiger partial charge in [0.15, 0.2) is 0 Å². The molecule has 20 heavy (non-hydrogen) atoms. The van der Waals surface area contributed by atoms with Gasteiger partial charge >= 0.3 is 0 Å². The zero-order valence-electron chi connectivity index (χ0n) is 12.5. The Morgan fingerprint density at radius 2 is 2.15 bits per heavy atom. The summed E-state index contributed by atoms with van der Waals surface area (Å²) in [5.41, 5.74) is 2.28. The van der Waals surface area contributed by atoms with Crippen molar-refractivity contribution in [1.82, 2.24) is 4.90 Å². The van der Waals surface area contributed by atoms with E-state index in [9.17, 15) is 9.90 Å². The molecule has 1 aliphatic heterocycles. The van der Waals surface area contributed by atoms with Gasteiger partial charge in [0.05, 0.1) is 12.5 Å². The van der Waals surface area contributed by atoms with Crippen LogP contribution in [0.3, 0.4) is 0 Å². The van der Waals surface area contributed by atoms with E-state index < -0.39 is 0 Å². The molecule has 3 nitrogen and oxygen atoms in total. The van der Waals surface area contributed by atoms with E-state index in [0.717, 1.165) is 31.4 Å². The lowest BCUT2D eigenvalue weighted by atomic mass is 9.96. The Bertz CT molecular complexity index is 456. The van der Waals surface area contributed by atoms with Crippen LogP contribution in [-0.2, 0) is 11.2 Å². The number of amides is 1. The minimum atomic E-state index is -0.341. The van der Waals surface area contributed by atoms with Crippen molar-refractivity contribution in [3.05, 3.63) is 35.4 Å². The number of carbonyl (C=O) groups is 1. The van der Waals surface area contributed by atoms with Crippen LogP contribution in [0, 0.1) is 6.92 Å². The smallest absolute Gasteiger partial charge is 0.227 e. The maximum atomic E-state index is 12.6. The van der Waals surface area contributed by atoms with Gasteiger partial charge in [0.25, 0.3) is 0 Å². The third-order valence-corrected chi connectivity index (χ3v) is 4.16. The summed E-state index contributed by atoms with van der Waals surface area (Å²) in [5.74, 6) is 0.199. The lowest BCUT2D eigenvalue weighted by Gasteiger charge is -2.36. The molecule has 1 heterocycles. The Balaban J connectivity index is 2.04. The van der Waals surface area contributed by atoms with Gasteiger partial charge in [-0.2, -0.15) is 0 Å². The topological polar surface area (TPSA) is 40.5 Å². The summed E-state index contributed by atoms with van der Waals surface area (Å²) >= 11 is 0. The van der Waals surface area contributed by atoms with E-state index in [2.05, 4.69) is 0 Å². The van der Waals surface area contributed by atoms with Gasteiger partial charge in [0.2, 0.25) is 5.91 Å². The van der Waals surface area contributed by atoms with Gasteiger partial charge in [0, 0.05) is 12.6 Å². The van der Waals surface area contributed by atoms with E-state index in [1.54, 1.807) is 6.92 Å². The summed E-state index contributed by atoms with van der Waals surface area (Å²) in [4.78, 5) is 14.5. The van der Waals surface area contributed by atoms with Crippen LogP contribution in [0.5, 0.6) is 0 Å². The number of rotatable bonds is 4. The van der Waals surface area contributed by atoms with Gasteiger partial charge in [-0.05, 0) is 50.7 Å². The summed E-state index contributed by atoms with van der Waals surface area (Å²) in [7, 11) is 0. The van der Waals surface area contributed by atoms with E-state index in [4.69, 9.17) is 0 Å². The molecule has 0 spiro atoms. The molecule has 2 rings (SSSR count). The molecule has 0 bridgehead atoms. The molecule has 1 fully saturated rings. The highest BCUT2D eigenvalue weighted by Gasteiger charge is 2.27. The first-order valence-electron chi connectivity index (χ1n) is 7.60. The van der Waals surface area contributed by atoms with Crippen molar-refractivity contribution in [2.75, 3.05) is 6.54 Å². The highest BCUT2D eigenvalue weighted by atomic mass is 16.3. The highest BCUT2D eigenvalue weighted by molar-refractivity contribution is 5.79. The van der Waals surface area contributed by atoms with Crippen molar-refractivity contribution < 1.29 is 9.90 Å². The first-order chi connectivity index (χ1) is 9.58. The molecule has 1 amide bonds. The van der Waals surface area contributed by atoms with E-state index >= 15 is 0 Å². The number of aliphatic hydroxyl groups excluding tert-OH is 1. The molecule has 0 aromatic heterocycles. The number of aliphatic hydroxyl groups is 1. The number of aryl methyl sites for hydroxylation is 1. The first kappa shape index (κ1) is 15.0. The second kappa shape index (κ2) is 6.89. The molecule has 0 aliphatic carbocycles. The molecule has 110 valence electrons. The second-order valence-electron chi connectivity index (χ2n) is 5.92. The molecule has 3 heteroatoms. The van der Waals surface area contributed by atoms with Crippen LogP contribution in [0.15, 0.2) is 24.3 Å². The summed E-state index contributed by atoms with van der Waals surface area (Å²) < 4.78 is 0. The molecule has 0 saturated carbocycles. The van der Waals surface area contributed by atoms with Crippen LogP contribution >= 0.6 is 0 Å². The van der Waals surface area contributed by atoms with E-state index in [-0.39, 0.29) is 18.1 Å². The normalized spacial score (nSPS) is 20.8. The number of hydrogen-bond donors (Lipinski definition) is 1. The Labute approximate surface area is 121 Å². The number of piperidine rings is 1. The standard InChI is InChI=1S/C17H25NO2/c1-13-7-3-4-8-15(13)12-17(20)18-10-6-5-9-16(18)11-14(2)19/h3-4,7-8,14,16,19H,5-6,9-12H2,1-2H3. The summed E-state index contributed by atoms with van der Waals surface area (Å²) in [6.07, 6.45) is 4.08. The van der Waals surface area contributed by atoms with Crippen LogP contribution in [0.2, 0.25) is 0 Å². The fraction of sp³-hybridized carbons (Fsp3) is 0.588. The molecule has 1 saturated heterocycles. The predicted molar refractivity (Wildman–Crippen MR) is 80.5 cm³/mol. The predicted octanol–water partition coefficient (Wildman–Crippen LogP) is 2.69. The molecule has 2 unspecified atom stereocenters. The zero-order chi connectivity index (χ0) is 14.5. The largest absolute Gasteiger partial charge is 0.393 e. The Hall–Kier alpha value is -1.35. The molecular formula is C17H25NO2. The van der Waals surface area contributed by atoms with Crippen molar-refractivity contribution in [2.45, 2.75) is 58.1 Å². The molecule has 1 aliphatic rings. The maximum Gasteiger partial charge on any atom is 0.227 e. The minimum Gasteiger partial charge on any atom is -0.393 e. The fourth-order valence-corrected chi connectivity index (χ4v) is 3.04. The fourth-order valence-electron chi connectivity index (χ4n) is 3.04. The van der Waals surface area contributed by atoms with Crippen molar-refractivity contribution >= 4 is 5.91 Å². The van der Waals surface area contributed by atoms with E-state index in [1.165, 1.54) is 5.56 Å². The lowest BCUT2D eigenvalue weighted by molar-refractivity contribution is -0.134. The van der Waals surface area contributed by atoms with Crippen molar-refractivity contribution in [3.8, 4) is 0 Å².